The van der Waals surface area contributed by atoms with E-state index in [1.165, 1.54) is 0 Å². The van der Waals surface area contributed by atoms with E-state index in [0.29, 0.717) is 16.7 Å². The summed E-state index contributed by atoms with van der Waals surface area (Å²) in [6.07, 6.45) is 5.42. The van der Waals surface area contributed by atoms with Crippen LogP contribution in [0.1, 0.15) is 50.6 Å². The largest absolute Gasteiger partial charge is 0.324 e. The molecule has 1 atom stereocenters. The van der Waals surface area contributed by atoms with Crippen LogP contribution in [0.3, 0.4) is 0 Å². The van der Waals surface area contributed by atoms with Gasteiger partial charge in [0.1, 0.15) is 0 Å². The zero-order valence-corrected chi connectivity index (χ0v) is 13.3. The summed E-state index contributed by atoms with van der Waals surface area (Å²) in [5.74, 6) is 1.10. The first-order valence-corrected chi connectivity index (χ1v) is 9.37. The average Bonchev–Trinajstić information content (AvgIpc) is 3.37. The van der Waals surface area contributed by atoms with Crippen molar-refractivity contribution in [3.63, 3.8) is 0 Å². The Bertz CT molecular complexity index is 594. The van der Waals surface area contributed by atoms with E-state index in [1.54, 1.807) is 18.2 Å². The molecule has 21 heavy (non-hydrogen) atoms. The smallest absolute Gasteiger partial charge is 0.240 e. The molecule has 0 bridgehead atoms. The molecule has 3 rings (SSSR count). The van der Waals surface area contributed by atoms with Crippen molar-refractivity contribution >= 4 is 10.0 Å². The Kier molecular flexibility index (Phi) is 4.08. The fraction of sp³-hybridized carbons (Fsp3) is 0.625. The number of hydrogen-bond donors (Lipinski definition) is 2. The van der Waals surface area contributed by atoms with Crippen molar-refractivity contribution in [3.8, 4) is 0 Å². The molecule has 0 radical (unpaired) electrons. The van der Waals surface area contributed by atoms with Crippen molar-refractivity contribution in [3.05, 3.63) is 29.8 Å². The zero-order chi connectivity index (χ0) is 15.0. The fourth-order valence-electron chi connectivity index (χ4n) is 2.88. The second kappa shape index (κ2) is 5.71. The van der Waals surface area contributed by atoms with Crippen LogP contribution in [0.25, 0.3) is 0 Å². The Labute approximate surface area is 127 Å². The molecule has 2 aliphatic carbocycles. The zero-order valence-electron chi connectivity index (χ0n) is 12.5. The maximum absolute atomic E-state index is 12.6. The highest BCUT2D eigenvalue weighted by atomic mass is 32.2. The van der Waals surface area contributed by atoms with E-state index in [-0.39, 0.29) is 12.1 Å². The minimum absolute atomic E-state index is 0.109. The summed E-state index contributed by atoms with van der Waals surface area (Å²) in [4.78, 5) is 0.343. The molecule has 0 amide bonds. The normalized spacial score (nSPS) is 20.7. The van der Waals surface area contributed by atoms with Crippen LogP contribution in [0.4, 0.5) is 0 Å². The van der Waals surface area contributed by atoms with Crippen molar-refractivity contribution in [1.82, 2.24) is 4.72 Å². The van der Waals surface area contributed by atoms with Gasteiger partial charge in [0.05, 0.1) is 4.90 Å². The predicted molar refractivity (Wildman–Crippen MR) is 83.2 cm³/mol. The Morgan fingerprint density at radius 3 is 2.38 bits per heavy atom. The molecule has 0 heterocycles. The van der Waals surface area contributed by atoms with Crippen LogP contribution in [0.2, 0.25) is 0 Å². The van der Waals surface area contributed by atoms with Crippen LogP contribution < -0.4 is 10.5 Å². The molecule has 3 N–H and O–H groups in total. The average molecular weight is 308 g/mol. The van der Waals surface area contributed by atoms with Gasteiger partial charge >= 0.3 is 0 Å². The highest BCUT2D eigenvalue weighted by molar-refractivity contribution is 7.89. The van der Waals surface area contributed by atoms with Crippen molar-refractivity contribution < 1.29 is 8.42 Å². The lowest BCUT2D eigenvalue weighted by molar-refractivity contribution is 0.471. The SMILES string of the molecule is CCC(N)c1cccc(S(=O)(=O)NC(C2CC2)C2CC2)c1. The van der Waals surface area contributed by atoms with Crippen molar-refractivity contribution in [2.45, 2.75) is 56.0 Å². The molecule has 5 heteroatoms. The maximum Gasteiger partial charge on any atom is 0.240 e. The number of nitrogens with one attached hydrogen (secondary N) is 1. The molecule has 116 valence electrons. The first-order chi connectivity index (χ1) is 10.0. The first kappa shape index (κ1) is 15.0. The lowest BCUT2D eigenvalue weighted by atomic mass is 10.1. The van der Waals surface area contributed by atoms with E-state index in [1.807, 2.05) is 13.0 Å². The van der Waals surface area contributed by atoms with Crippen molar-refractivity contribution in [2.75, 3.05) is 0 Å². The van der Waals surface area contributed by atoms with Gasteiger partial charge in [0, 0.05) is 12.1 Å². The summed E-state index contributed by atoms with van der Waals surface area (Å²) < 4.78 is 28.2. The van der Waals surface area contributed by atoms with Gasteiger partial charge in [-0.3, -0.25) is 0 Å². The molecule has 0 saturated heterocycles. The van der Waals surface area contributed by atoms with Crippen LogP contribution in [-0.2, 0) is 10.0 Å². The van der Waals surface area contributed by atoms with E-state index in [0.717, 1.165) is 37.7 Å². The van der Waals surface area contributed by atoms with Gasteiger partial charge in [-0.1, -0.05) is 19.1 Å². The van der Waals surface area contributed by atoms with Gasteiger partial charge in [0.2, 0.25) is 10.0 Å². The number of benzene rings is 1. The monoisotopic (exact) mass is 308 g/mol. The van der Waals surface area contributed by atoms with E-state index in [4.69, 9.17) is 5.73 Å². The van der Waals surface area contributed by atoms with Crippen LogP contribution in [-0.4, -0.2) is 14.5 Å². The van der Waals surface area contributed by atoms with E-state index in [9.17, 15) is 8.42 Å². The topological polar surface area (TPSA) is 72.2 Å². The third-order valence-electron chi connectivity index (χ3n) is 4.59. The molecule has 1 aromatic rings. The number of hydrogen-bond acceptors (Lipinski definition) is 3. The van der Waals surface area contributed by atoms with Crippen LogP contribution in [0.5, 0.6) is 0 Å². The lowest BCUT2D eigenvalue weighted by Gasteiger charge is -2.18. The minimum Gasteiger partial charge on any atom is -0.324 e. The quantitative estimate of drug-likeness (QED) is 0.813. The first-order valence-electron chi connectivity index (χ1n) is 7.89. The van der Waals surface area contributed by atoms with Crippen molar-refractivity contribution in [2.24, 2.45) is 17.6 Å². The molecule has 0 aliphatic heterocycles. The van der Waals surface area contributed by atoms with Gasteiger partial charge in [-0.25, -0.2) is 13.1 Å². The molecule has 0 aromatic heterocycles. The lowest BCUT2D eigenvalue weighted by Crippen LogP contribution is -2.38. The number of nitrogens with two attached hydrogens (primary N) is 1. The minimum atomic E-state index is -3.44. The summed E-state index contributed by atoms with van der Waals surface area (Å²) >= 11 is 0. The molecular formula is C16H24N2O2S. The van der Waals surface area contributed by atoms with E-state index >= 15 is 0 Å². The van der Waals surface area contributed by atoms with Gasteiger partial charge in [-0.15, -0.1) is 0 Å². The molecule has 2 saturated carbocycles. The molecular weight excluding hydrogens is 284 g/mol. The van der Waals surface area contributed by atoms with Crippen LogP contribution in [0.15, 0.2) is 29.2 Å². The standard InChI is InChI=1S/C16H24N2O2S/c1-2-15(17)13-4-3-5-14(10-13)21(19,20)18-16(11-6-7-11)12-8-9-12/h3-5,10-12,15-16,18H,2,6-9,17H2,1H3. The van der Waals surface area contributed by atoms with E-state index in [2.05, 4.69) is 4.72 Å². The molecule has 1 aromatic carbocycles. The Hall–Kier alpha value is -0.910. The third-order valence-corrected chi connectivity index (χ3v) is 6.04. The highest BCUT2D eigenvalue weighted by Crippen LogP contribution is 2.45. The second-order valence-corrected chi connectivity index (χ2v) is 8.12. The highest BCUT2D eigenvalue weighted by Gasteiger charge is 2.43. The van der Waals surface area contributed by atoms with Gasteiger partial charge in [0.25, 0.3) is 0 Å². The number of rotatable bonds is 7. The Morgan fingerprint density at radius 1 is 1.24 bits per heavy atom. The maximum atomic E-state index is 12.6. The third kappa shape index (κ3) is 3.47. The van der Waals surface area contributed by atoms with Crippen molar-refractivity contribution in [1.29, 1.82) is 0 Å². The Morgan fingerprint density at radius 2 is 1.86 bits per heavy atom. The van der Waals surface area contributed by atoms with Crippen LogP contribution in [0, 0.1) is 11.8 Å². The Balaban J connectivity index is 1.80. The number of sulfonamides is 1. The summed E-state index contributed by atoms with van der Waals surface area (Å²) in [5.41, 5.74) is 6.89. The molecule has 0 spiro atoms. The molecule has 2 aliphatic rings. The van der Waals surface area contributed by atoms with Gasteiger partial charge < -0.3 is 5.73 Å². The molecule has 2 fully saturated rings. The summed E-state index contributed by atoms with van der Waals surface area (Å²) in [6, 6.07) is 7.08. The predicted octanol–water partition coefficient (Wildman–Crippen LogP) is 2.56. The van der Waals surface area contributed by atoms with Gasteiger partial charge in [-0.2, -0.15) is 0 Å². The summed E-state index contributed by atoms with van der Waals surface area (Å²) in [5, 5.41) is 0. The fourth-order valence-corrected chi connectivity index (χ4v) is 4.31. The molecule has 4 nitrogen and oxygen atoms in total. The van der Waals surface area contributed by atoms with E-state index < -0.39 is 10.0 Å². The molecule has 1 unspecified atom stereocenters. The summed E-state index contributed by atoms with van der Waals surface area (Å²) in [6.45, 7) is 2.00. The van der Waals surface area contributed by atoms with Gasteiger partial charge in [-0.05, 0) is 61.6 Å². The summed E-state index contributed by atoms with van der Waals surface area (Å²) in [7, 11) is -3.44. The van der Waals surface area contributed by atoms with Gasteiger partial charge in [0.15, 0.2) is 0 Å². The second-order valence-electron chi connectivity index (χ2n) is 6.41. The van der Waals surface area contributed by atoms with Crippen LogP contribution >= 0.6 is 0 Å².